The lowest BCUT2D eigenvalue weighted by molar-refractivity contribution is -0.124. The molecule has 0 radical (unpaired) electrons. The van der Waals surface area contributed by atoms with Crippen LogP contribution >= 0.6 is 11.6 Å². The van der Waals surface area contributed by atoms with Gasteiger partial charge in [-0.25, -0.2) is 9.97 Å². The molecule has 0 aliphatic carbocycles. The summed E-state index contributed by atoms with van der Waals surface area (Å²) in [5.41, 5.74) is 11.4. The predicted octanol–water partition coefficient (Wildman–Crippen LogP) is 4.23. The van der Waals surface area contributed by atoms with Crippen molar-refractivity contribution in [1.82, 2.24) is 14.4 Å². The van der Waals surface area contributed by atoms with Gasteiger partial charge in [0, 0.05) is 28.2 Å². The van der Waals surface area contributed by atoms with Crippen LogP contribution < -0.4 is 11.1 Å². The summed E-state index contributed by atoms with van der Waals surface area (Å²) in [6.45, 7) is 5.80. The van der Waals surface area contributed by atoms with Gasteiger partial charge in [-0.3, -0.25) is 9.20 Å². The number of nitrogens with zero attached hydrogens (tertiary/aromatic N) is 3. The number of rotatable bonds is 4. The zero-order valence-corrected chi connectivity index (χ0v) is 18.1. The minimum Gasteiger partial charge on any atom is -0.382 e. The monoisotopic (exact) mass is 435 g/mol. The summed E-state index contributed by atoms with van der Waals surface area (Å²) < 4.78 is 1.98. The number of aryl methyl sites for hydroxylation is 3. The van der Waals surface area contributed by atoms with Gasteiger partial charge in [0.1, 0.15) is 22.9 Å². The van der Waals surface area contributed by atoms with Gasteiger partial charge in [0.05, 0.1) is 0 Å². The summed E-state index contributed by atoms with van der Waals surface area (Å²) in [4.78, 5) is 21.5. The van der Waals surface area contributed by atoms with Gasteiger partial charge in [0.25, 0.3) is 5.91 Å². The van der Waals surface area contributed by atoms with Crippen LogP contribution in [0.2, 0.25) is 5.02 Å². The van der Waals surface area contributed by atoms with Crippen molar-refractivity contribution >= 4 is 34.5 Å². The lowest BCUT2D eigenvalue weighted by Crippen LogP contribution is -2.20. The van der Waals surface area contributed by atoms with Crippen LogP contribution in [0.15, 0.2) is 48.7 Å². The fourth-order valence-corrected chi connectivity index (χ4v) is 3.91. The SMILES string of the molecule is Cc1cc(NC(=O)C(O)c2cccc(Cl)c2)ccc1-c1nc(C)n2c(C)cnc(N)c12. The molecule has 4 N–H and O–H groups in total. The summed E-state index contributed by atoms with van der Waals surface area (Å²) in [5, 5.41) is 13.6. The number of halogens is 1. The Kier molecular flexibility index (Phi) is 5.39. The Labute approximate surface area is 184 Å². The molecule has 2 aromatic carbocycles. The highest BCUT2D eigenvalue weighted by Crippen LogP contribution is 2.32. The minimum atomic E-state index is -1.33. The van der Waals surface area contributed by atoms with Gasteiger partial charge >= 0.3 is 0 Å². The second-order valence-corrected chi connectivity index (χ2v) is 7.89. The second-order valence-electron chi connectivity index (χ2n) is 7.45. The number of benzene rings is 2. The van der Waals surface area contributed by atoms with E-state index in [2.05, 4.69) is 10.3 Å². The Hall–Kier alpha value is -3.42. The summed E-state index contributed by atoms with van der Waals surface area (Å²) >= 11 is 5.95. The summed E-state index contributed by atoms with van der Waals surface area (Å²) in [7, 11) is 0. The van der Waals surface area contributed by atoms with Gasteiger partial charge < -0.3 is 16.2 Å². The number of hydrogen-bond acceptors (Lipinski definition) is 5. The average Bonchev–Trinajstić information content (AvgIpc) is 3.08. The molecule has 0 bridgehead atoms. The van der Waals surface area contributed by atoms with Gasteiger partial charge in [0.15, 0.2) is 6.10 Å². The molecular weight excluding hydrogens is 414 g/mol. The van der Waals surface area contributed by atoms with Gasteiger partial charge in [-0.15, -0.1) is 0 Å². The summed E-state index contributed by atoms with van der Waals surface area (Å²) in [5.74, 6) is 0.683. The fraction of sp³-hybridized carbons (Fsp3) is 0.174. The molecule has 0 saturated heterocycles. The third-order valence-electron chi connectivity index (χ3n) is 5.19. The van der Waals surface area contributed by atoms with E-state index in [4.69, 9.17) is 22.3 Å². The number of fused-ring (bicyclic) bond motifs is 1. The van der Waals surface area contributed by atoms with E-state index >= 15 is 0 Å². The van der Waals surface area contributed by atoms with Crippen molar-refractivity contribution in [1.29, 1.82) is 0 Å². The highest BCUT2D eigenvalue weighted by Gasteiger charge is 2.20. The number of nitrogens with two attached hydrogens (primary N) is 1. The fourth-order valence-electron chi connectivity index (χ4n) is 3.72. The maximum absolute atomic E-state index is 12.5. The summed E-state index contributed by atoms with van der Waals surface area (Å²) in [6.07, 6.45) is 0.393. The van der Waals surface area contributed by atoms with Crippen LogP contribution in [0.4, 0.5) is 11.5 Å². The van der Waals surface area contributed by atoms with Crippen molar-refractivity contribution in [3.63, 3.8) is 0 Å². The minimum absolute atomic E-state index is 0.405. The predicted molar refractivity (Wildman–Crippen MR) is 122 cm³/mol. The lowest BCUT2D eigenvalue weighted by atomic mass is 10.0. The largest absolute Gasteiger partial charge is 0.382 e. The lowest BCUT2D eigenvalue weighted by Gasteiger charge is -2.13. The molecule has 4 rings (SSSR count). The third-order valence-corrected chi connectivity index (χ3v) is 5.43. The first-order chi connectivity index (χ1) is 14.8. The van der Waals surface area contributed by atoms with E-state index in [0.29, 0.717) is 22.1 Å². The zero-order valence-electron chi connectivity index (χ0n) is 17.3. The Balaban J connectivity index is 1.65. The number of nitrogen functional groups attached to an aromatic ring is 1. The van der Waals surface area contributed by atoms with E-state index in [1.165, 1.54) is 0 Å². The van der Waals surface area contributed by atoms with Gasteiger partial charge in [0.2, 0.25) is 0 Å². The molecule has 31 heavy (non-hydrogen) atoms. The number of anilines is 2. The van der Waals surface area contributed by atoms with E-state index in [0.717, 1.165) is 33.9 Å². The van der Waals surface area contributed by atoms with Crippen LogP contribution in [0.5, 0.6) is 0 Å². The molecular formula is C23H22ClN5O2. The maximum Gasteiger partial charge on any atom is 0.257 e. The van der Waals surface area contributed by atoms with Gasteiger partial charge in [-0.2, -0.15) is 0 Å². The highest BCUT2D eigenvalue weighted by molar-refractivity contribution is 6.30. The van der Waals surface area contributed by atoms with Crippen molar-refractivity contribution in [2.75, 3.05) is 11.1 Å². The van der Waals surface area contributed by atoms with E-state index in [1.807, 2.05) is 37.3 Å². The first kappa shape index (κ1) is 20.8. The standard InChI is InChI=1S/C23H22ClN5O2/c1-12-9-17(28-23(31)21(30)15-5-4-6-16(24)10-15)7-8-18(12)19-20-22(25)26-11-13(2)29(20)14(3)27-19/h4-11,21,30H,1-3H3,(H2,25,26)(H,28,31). The number of carbonyl (C=O) groups excluding carboxylic acids is 1. The molecule has 1 amide bonds. The smallest absolute Gasteiger partial charge is 0.257 e. The second kappa shape index (κ2) is 8.02. The van der Waals surface area contributed by atoms with E-state index < -0.39 is 12.0 Å². The third kappa shape index (κ3) is 3.85. The molecule has 0 aliphatic heterocycles. The topological polar surface area (TPSA) is 106 Å². The van der Waals surface area contributed by atoms with Crippen molar-refractivity contribution in [3.8, 4) is 11.3 Å². The van der Waals surface area contributed by atoms with E-state index in [1.54, 1.807) is 36.5 Å². The number of imidazole rings is 1. The first-order valence-electron chi connectivity index (χ1n) is 9.72. The molecule has 1 unspecified atom stereocenters. The Morgan fingerprint density at radius 3 is 2.68 bits per heavy atom. The van der Waals surface area contributed by atoms with Crippen LogP contribution in [0, 0.1) is 20.8 Å². The Bertz CT molecular complexity index is 1320. The number of aliphatic hydroxyl groups is 1. The molecule has 0 spiro atoms. The summed E-state index contributed by atoms with van der Waals surface area (Å²) in [6, 6.07) is 12.1. The maximum atomic E-state index is 12.5. The molecule has 0 aliphatic rings. The van der Waals surface area contributed by atoms with Crippen LogP contribution in [0.1, 0.15) is 28.7 Å². The normalized spacial score (nSPS) is 12.2. The molecule has 0 fully saturated rings. The molecule has 7 nitrogen and oxygen atoms in total. The van der Waals surface area contributed by atoms with Crippen molar-refractivity contribution in [3.05, 3.63) is 76.3 Å². The molecule has 0 saturated carbocycles. The van der Waals surface area contributed by atoms with Crippen molar-refractivity contribution in [2.24, 2.45) is 0 Å². The number of aromatic nitrogens is 3. The van der Waals surface area contributed by atoms with Gasteiger partial charge in [-0.1, -0.05) is 29.8 Å². The van der Waals surface area contributed by atoms with Crippen LogP contribution in [-0.4, -0.2) is 25.4 Å². The van der Waals surface area contributed by atoms with Crippen LogP contribution in [0.25, 0.3) is 16.8 Å². The van der Waals surface area contributed by atoms with Crippen LogP contribution in [0.3, 0.4) is 0 Å². The number of amides is 1. The number of nitrogens with one attached hydrogen (secondary N) is 1. The Morgan fingerprint density at radius 1 is 1.19 bits per heavy atom. The quantitative estimate of drug-likeness (QED) is 0.445. The molecule has 2 heterocycles. The molecule has 8 heteroatoms. The zero-order chi connectivity index (χ0) is 22.3. The van der Waals surface area contributed by atoms with E-state index in [-0.39, 0.29) is 0 Å². The first-order valence-corrected chi connectivity index (χ1v) is 10.1. The number of aliphatic hydroxyl groups excluding tert-OH is 1. The average molecular weight is 436 g/mol. The molecule has 158 valence electrons. The molecule has 4 aromatic rings. The Morgan fingerprint density at radius 2 is 1.97 bits per heavy atom. The molecule has 2 aromatic heterocycles. The van der Waals surface area contributed by atoms with E-state index in [9.17, 15) is 9.90 Å². The van der Waals surface area contributed by atoms with Gasteiger partial charge in [-0.05, 0) is 56.2 Å². The number of carbonyl (C=O) groups is 1. The van der Waals surface area contributed by atoms with Crippen molar-refractivity contribution < 1.29 is 9.90 Å². The van der Waals surface area contributed by atoms with Crippen molar-refractivity contribution in [2.45, 2.75) is 26.9 Å². The molecule has 1 atom stereocenters. The van der Waals surface area contributed by atoms with Crippen LogP contribution in [-0.2, 0) is 4.79 Å². The highest BCUT2D eigenvalue weighted by atomic mass is 35.5. The number of hydrogen-bond donors (Lipinski definition) is 3.